The molecule has 8 heteroatoms. The van der Waals surface area contributed by atoms with Gasteiger partial charge in [-0.15, -0.1) is 0 Å². The molecule has 1 amide bonds. The number of hydrogen-bond donors (Lipinski definition) is 1. The largest absolute Gasteiger partial charge is 0.480 e. The number of carbonyl (C=O) groups is 2. The zero-order chi connectivity index (χ0) is 18.7. The van der Waals surface area contributed by atoms with Crippen molar-refractivity contribution in [3.05, 3.63) is 29.8 Å². The lowest BCUT2D eigenvalue weighted by atomic mass is 10.0. The molecule has 1 aromatic rings. The van der Waals surface area contributed by atoms with E-state index >= 15 is 0 Å². The Labute approximate surface area is 153 Å². The first-order valence-corrected chi connectivity index (χ1v) is 10.5. The molecule has 0 aromatic heterocycles. The molecule has 1 N–H and O–H groups in total. The topological polar surface area (TPSA) is 95.0 Å². The van der Waals surface area contributed by atoms with E-state index in [4.69, 9.17) is 0 Å². The molecule has 2 aliphatic rings. The van der Waals surface area contributed by atoms with Crippen molar-refractivity contribution < 1.29 is 23.1 Å². The van der Waals surface area contributed by atoms with Gasteiger partial charge < -0.3 is 10.0 Å². The van der Waals surface area contributed by atoms with Gasteiger partial charge in [0.05, 0.1) is 4.90 Å². The van der Waals surface area contributed by atoms with E-state index in [2.05, 4.69) is 0 Å². The normalized spacial score (nSPS) is 22.2. The van der Waals surface area contributed by atoms with Crippen molar-refractivity contribution in [2.45, 2.75) is 49.5 Å². The molecule has 0 spiro atoms. The number of carbonyl (C=O) groups excluding carboxylic acids is 1. The summed E-state index contributed by atoms with van der Waals surface area (Å²) >= 11 is 0. The maximum Gasteiger partial charge on any atom is 0.326 e. The molecule has 3 rings (SSSR count). The van der Waals surface area contributed by atoms with Crippen LogP contribution in [0.15, 0.2) is 29.2 Å². The van der Waals surface area contributed by atoms with E-state index in [1.165, 1.54) is 21.3 Å². The summed E-state index contributed by atoms with van der Waals surface area (Å²) in [7, 11) is -3.63. The number of nitrogens with zero attached hydrogens (tertiary/aromatic N) is 2. The van der Waals surface area contributed by atoms with Crippen LogP contribution in [0, 0.1) is 0 Å². The van der Waals surface area contributed by atoms with Crippen LogP contribution in [0.5, 0.6) is 0 Å². The number of carboxylic acid groups (broad SMARTS) is 1. The maximum absolute atomic E-state index is 12.8. The van der Waals surface area contributed by atoms with Crippen LogP contribution in [-0.4, -0.2) is 60.3 Å². The summed E-state index contributed by atoms with van der Waals surface area (Å²) in [5, 5.41) is 9.36. The second kappa shape index (κ2) is 7.75. The van der Waals surface area contributed by atoms with Crippen molar-refractivity contribution in [1.29, 1.82) is 0 Å². The van der Waals surface area contributed by atoms with Crippen LogP contribution in [0.3, 0.4) is 0 Å². The number of amides is 1. The minimum atomic E-state index is -3.63. The van der Waals surface area contributed by atoms with E-state index in [-0.39, 0.29) is 10.5 Å². The van der Waals surface area contributed by atoms with Crippen LogP contribution < -0.4 is 0 Å². The molecule has 1 unspecified atom stereocenters. The quantitative estimate of drug-likeness (QED) is 0.861. The van der Waals surface area contributed by atoms with E-state index in [0.29, 0.717) is 26.1 Å². The minimum absolute atomic E-state index is 0.0918. The van der Waals surface area contributed by atoms with Crippen molar-refractivity contribution in [2.75, 3.05) is 19.6 Å². The molecule has 26 heavy (non-hydrogen) atoms. The molecule has 2 heterocycles. The van der Waals surface area contributed by atoms with Crippen LogP contribution in [0.25, 0.3) is 0 Å². The third-order valence-electron chi connectivity index (χ3n) is 5.08. The van der Waals surface area contributed by atoms with Gasteiger partial charge in [0.1, 0.15) is 6.04 Å². The smallest absolute Gasteiger partial charge is 0.326 e. The summed E-state index contributed by atoms with van der Waals surface area (Å²) in [4.78, 5) is 25.7. The van der Waals surface area contributed by atoms with Gasteiger partial charge in [0.2, 0.25) is 10.0 Å². The number of benzene rings is 1. The molecule has 0 aliphatic carbocycles. The first kappa shape index (κ1) is 18.8. The van der Waals surface area contributed by atoms with Crippen LogP contribution >= 0.6 is 0 Å². The highest BCUT2D eigenvalue weighted by Gasteiger charge is 2.33. The molecule has 2 saturated heterocycles. The van der Waals surface area contributed by atoms with Crippen LogP contribution in [0.4, 0.5) is 0 Å². The summed E-state index contributed by atoms with van der Waals surface area (Å²) in [6.07, 6.45) is 4.65. The van der Waals surface area contributed by atoms with Crippen molar-refractivity contribution in [3.8, 4) is 0 Å². The molecular weight excluding hydrogens is 356 g/mol. The molecule has 2 fully saturated rings. The molecule has 0 saturated carbocycles. The molecule has 2 aliphatic heterocycles. The van der Waals surface area contributed by atoms with Crippen molar-refractivity contribution in [1.82, 2.24) is 9.21 Å². The van der Waals surface area contributed by atoms with E-state index in [1.807, 2.05) is 0 Å². The lowest BCUT2D eigenvalue weighted by molar-refractivity contribution is -0.143. The van der Waals surface area contributed by atoms with E-state index in [9.17, 15) is 23.1 Å². The van der Waals surface area contributed by atoms with Gasteiger partial charge in [0.25, 0.3) is 5.91 Å². The Kier molecular flexibility index (Phi) is 5.62. The van der Waals surface area contributed by atoms with Gasteiger partial charge in [-0.2, -0.15) is 4.31 Å². The standard InChI is InChI=1S/C18H24N2O5S/c21-17(20-12-5-2-9-16(20)18(22)23)14-7-6-8-15(13-14)26(24,25)19-10-3-1-4-11-19/h6-8,13,16H,1-5,9-12H2,(H,22,23). The van der Waals surface area contributed by atoms with E-state index in [0.717, 1.165) is 32.1 Å². The van der Waals surface area contributed by atoms with Crippen molar-refractivity contribution >= 4 is 21.9 Å². The maximum atomic E-state index is 12.8. The number of likely N-dealkylation sites (tertiary alicyclic amines) is 1. The second-order valence-electron chi connectivity index (χ2n) is 6.84. The lowest BCUT2D eigenvalue weighted by Gasteiger charge is -2.33. The monoisotopic (exact) mass is 380 g/mol. The molecular formula is C18H24N2O5S. The molecule has 0 bridgehead atoms. The number of sulfonamides is 1. The van der Waals surface area contributed by atoms with Gasteiger partial charge in [0.15, 0.2) is 0 Å². The van der Waals surface area contributed by atoms with Gasteiger partial charge >= 0.3 is 5.97 Å². The third kappa shape index (κ3) is 3.76. The Bertz CT molecular complexity index is 787. The number of piperidine rings is 2. The SMILES string of the molecule is O=C(O)C1CCCCN1C(=O)c1cccc(S(=O)(=O)N2CCCCC2)c1. The number of hydrogen-bond acceptors (Lipinski definition) is 4. The Morgan fingerprint density at radius 1 is 1.00 bits per heavy atom. The van der Waals surface area contributed by atoms with Crippen LogP contribution in [0.1, 0.15) is 48.9 Å². The summed E-state index contributed by atoms with van der Waals surface area (Å²) in [5.41, 5.74) is 0.219. The highest BCUT2D eigenvalue weighted by Crippen LogP contribution is 2.24. The molecule has 1 aromatic carbocycles. The number of aliphatic carboxylic acids is 1. The van der Waals surface area contributed by atoms with Crippen LogP contribution in [0.2, 0.25) is 0 Å². The third-order valence-corrected chi connectivity index (χ3v) is 6.98. The predicted octanol–water partition coefficient (Wildman–Crippen LogP) is 1.94. The average Bonchev–Trinajstić information content (AvgIpc) is 2.68. The summed E-state index contributed by atoms with van der Waals surface area (Å²) in [6.45, 7) is 1.36. The summed E-state index contributed by atoms with van der Waals surface area (Å²) in [6, 6.07) is 5.11. The lowest BCUT2D eigenvalue weighted by Crippen LogP contribution is -2.48. The zero-order valence-electron chi connectivity index (χ0n) is 14.6. The summed E-state index contributed by atoms with van der Waals surface area (Å²) < 4.78 is 27.1. The van der Waals surface area contributed by atoms with Gasteiger partial charge in [-0.3, -0.25) is 4.79 Å². The van der Waals surface area contributed by atoms with Gasteiger partial charge in [-0.1, -0.05) is 12.5 Å². The Balaban J connectivity index is 1.86. The Morgan fingerprint density at radius 2 is 1.69 bits per heavy atom. The van der Waals surface area contributed by atoms with E-state index in [1.54, 1.807) is 12.1 Å². The number of carboxylic acids is 1. The molecule has 0 radical (unpaired) electrons. The molecule has 7 nitrogen and oxygen atoms in total. The van der Waals surface area contributed by atoms with Gasteiger partial charge in [0, 0.05) is 25.2 Å². The van der Waals surface area contributed by atoms with Gasteiger partial charge in [-0.25, -0.2) is 13.2 Å². The van der Waals surface area contributed by atoms with Gasteiger partial charge in [-0.05, 0) is 50.3 Å². The molecule has 142 valence electrons. The Morgan fingerprint density at radius 3 is 2.38 bits per heavy atom. The van der Waals surface area contributed by atoms with Crippen molar-refractivity contribution in [2.24, 2.45) is 0 Å². The average molecular weight is 380 g/mol. The highest BCUT2D eigenvalue weighted by molar-refractivity contribution is 7.89. The van der Waals surface area contributed by atoms with Crippen molar-refractivity contribution in [3.63, 3.8) is 0 Å². The fourth-order valence-electron chi connectivity index (χ4n) is 3.64. The predicted molar refractivity (Wildman–Crippen MR) is 95.4 cm³/mol. The van der Waals surface area contributed by atoms with E-state index < -0.39 is 27.9 Å². The number of rotatable bonds is 4. The fraction of sp³-hybridized carbons (Fsp3) is 0.556. The highest BCUT2D eigenvalue weighted by atomic mass is 32.2. The molecule has 1 atom stereocenters. The first-order valence-electron chi connectivity index (χ1n) is 9.05. The summed E-state index contributed by atoms with van der Waals surface area (Å²) in [5.74, 6) is -1.44. The minimum Gasteiger partial charge on any atom is -0.480 e. The first-order chi connectivity index (χ1) is 12.4. The van der Waals surface area contributed by atoms with Crippen LogP contribution in [-0.2, 0) is 14.8 Å². The fourth-order valence-corrected chi connectivity index (χ4v) is 5.20. The Hall–Kier alpha value is -1.93. The second-order valence-corrected chi connectivity index (χ2v) is 8.78. The zero-order valence-corrected chi connectivity index (χ0v) is 15.5.